The molecule has 1 saturated heterocycles. The van der Waals surface area contributed by atoms with Crippen molar-refractivity contribution in [3.05, 3.63) is 18.2 Å². The number of likely N-dealkylation sites (tertiary alicyclic amines) is 1. The van der Waals surface area contributed by atoms with Gasteiger partial charge < -0.3 is 19.5 Å². The molecule has 3 rings (SSSR count). The van der Waals surface area contributed by atoms with Crippen molar-refractivity contribution in [3.63, 3.8) is 0 Å². The van der Waals surface area contributed by atoms with Crippen LogP contribution in [0.1, 0.15) is 0 Å². The average Bonchev–Trinajstić information content (AvgIpc) is 2.88. The van der Waals surface area contributed by atoms with Crippen molar-refractivity contribution in [2.45, 2.75) is 11.8 Å². The third kappa shape index (κ3) is 2.93. The normalized spacial score (nSPS) is 19.3. The summed E-state index contributed by atoms with van der Waals surface area (Å²) in [6.07, 6.45) is -4.45. The van der Waals surface area contributed by atoms with Crippen molar-refractivity contribution in [1.29, 1.82) is 0 Å². The number of nitrogens with zero attached hydrogens (tertiary/aromatic N) is 1. The third-order valence-corrected chi connectivity index (χ3v) is 3.89. The van der Waals surface area contributed by atoms with Gasteiger partial charge in [-0.2, -0.15) is 13.2 Å². The number of hydrogen-bond donors (Lipinski definition) is 1. The Bertz CT molecular complexity index is 615. The maximum atomic E-state index is 12.9. The molecule has 1 amide bonds. The van der Waals surface area contributed by atoms with Crippen LogP contribution in [0.2, 0.25) is 0 Å². The van der Waals surface area contributed by atoms with Crippen molar-refractivity contribution in [2.75, 3.05) is 38.9 Å². The number of carbonyl (C=O) groups is 1. The zero-order valence-electron chi connectivity index (χ0n) is 12.3. The van der Waals surface area contributed by atoms with Crippen LogP contribution in [-0.4, -0.2) is 56.1 Å². The lowest BCUT2D eigenvalue weighted by molar-refractivity contribution is -0.309. The maximum Gasteiger partial charge on any atom is 0.419 e. The number of amides is 1. The molecule has 0 aliphatic carbocycles. The number of carbonyl (C=O) groups excluding carboxylic acids is 1. The van der Waals surface area contributed by atoms with Crippen LogP contribution in [0.3, 0.4) is 0 Å². The van der Waals surface area contributed by atoms with Gasteiger partial charge in [-0.1, -0.05) is 0 Å². The Morgan fingerprint density at radius 3 is 2.70 bits per heavy atom. The van der Waals surface area contributed by atoms with Crippen molar-refractivity contribution in [3.8, 4) is 11.5 Å². The minimum Gasteiger partial charge on any atom is -0.454 e. The number of methoxy groups -OCH3 is 1. The Morgan fingerprint density at radius 2 is 2.04 bits per heavy atom. The van der Waals surface area contributed by atoms with Crippen molar-refractivity contribution < 1.29 is 32.2 Å². The highest BCUT2D eigenvalue weighted by atomic mass is 19.4. The zero-order chi connectivity index (χ0) is 16.7. The van der Waals surface area contributed by atoms with E-state index < -0.39 is 17.7 Å². The molecule has 2 heterocycles. The van der Waals surface area contributed by atoms with Gasteiger partial charge in [-0.25, -0.2) is 0 Å². The van der Waals surface area contributed by atoms with Gasteiger partial charge in [0.05, 0.1) is 6.54 Å². The molecule has 0 aromatic heterocycles. The quantitative estimate of drug-likeness (QED) is 0.908. The average molecular weight is 332 g/mol. The van der Waals surface area contributed by atoms with Gasteiger partial charge in [-0.05, 0) is 12.1 Å². The largest absolute Gasteiger partial charge is 0.454 e. The van der Waals surface area contributed by atoms with E-state index in [-0.39, 0.29) is 26.4 Å². The van der Waals surface area contributed by atoms with Gasteiger partial charge in [0.25, 0.3) is 0 Å². The SMILES string of the molecule is COC1(C(F)(F)F)CN(CC(=O)Nc2ccc3c(c2)OCO3)C1. The van der Waals surface area contributed by atoms with E-state index in [0.29, 0.717) is 17.2 Å². The van der Waals surface area contributed by atoms with E-state index in [0.717, 1.165) is 7.11 Å². The van der Waals surface area contributed by atoms with Crippen LogP contribution in [0.15, 0.2) is 18.2 Å². The van der Waals surface area contributed by atoms with E-state index >= 15 is 0 Å². The maximum absolute atomic E-state index is 12.9. The van der Waals surface area contributed by atoms with Gasteiger partial charge in [-0.15, -0.1) is 0 Å². The van der Waals surface area contributed by atoms with E-state index in [4.69, 9.17) is 9.47 Å². The molecule has 0 bridgehead atoms. The molecule has 9 heteroatoms. The molecule has 23 heavy (non-hydrogen) atoms. The first-order valence-corrected chi connectivity index (χ1v) is 6.87. The summed E-state index contributed by atoms with van der Waals surface area (Å²) < 4.78 is 53.5. The van der Waals surface area contributed by atoms with Gasteiger partial charge in [0.15, 0.2) is 17.1 Å². The summed E-state index contributed by atoms with van der Waals surface area (Å²) in [5.74, 6) is 0.693. The van der Waals surface area contributed by atoms with Crippen molar-refractivity contribution in [1.82, 2.24) is 4.90 Å². The van der Waals surface area contributed by atoms with E-state index in [1.807, 2.05) is 0 Å². The molecule has 126 valence electrons. The highest BCUT2D eigenvalue weighted by Crippen LogP contribution is 2.40. The molecule has 2 aliphatic rings. The summed E-state index contributed by atoms with van der Waals surface area (Å²) in [6.45, 7) is -0.740. The number of hydrogen-bond acceptors (Lipinski definition) is 5. The van der Waals surface area contributed by atoms with Crippen molar-refractivity contribution in [2.24, 2.45) is 0 Å². The Labute approximate surface area is 130 Å². The topological polar surface area (TPSA) is 60.0 Å². The minimum absolute atomic E-state index is 0.122. The zero-order valence-corrected chi connectivity index (χ0v) is 12.3. The molecule has 0 atom stereocenters. The van der Waals surface area contributed by atoms with Crippen LogP contribution in [0.4, 0.5) is 18.9 Å². The van der Waals surface area contributed by atoms with Crippen LogP contribution in [0.5, 0.6) is 11.5 Å². The number of alkyl halides is 3. The van der Waals surface area contributed by atoms with Crippen LogP contribution in [0, 0.1) is 0 Å². The lowest BCUT2D eigenvalue weighted by atomic mass is 9.93. The molecule has 0 unspecified atom stereocenters. The molecule has 0 spiro atoms. The minimum atomic E-state index is -4.45. The molecule has 0 saturated carbocycles. The lowest BCUT2D eigenvalue weighted by Crippen LogP contribution is -2.70. The number of benzene rings is 1. The first-order valence-electron chi connectivity index (χ1n) is 6.87. The predicted molar refractivity (Wildman–Crippen MR) is 73.4 cm³/mol. The van der Waals surface area contributed by atoms with E-state index in [1.54, 1.807) is 18.2 Å². The Balaban J connectivity index is 1.53. The fraction of sp³-hybridized carbons (Fsp3) is 0.500. The van der Waals surface area contributed by atoms with Crippen LogP contribution in [0.25, 0.3) is 0 Å². The van der Waals surface area contributed by atoms with Gasteiger partial charge in [0.1, 0.15) is 0 Å². The van der Waals surface area contributed by atoms with Crippen molar-refractivity contribution >= 4 is 11.6 Å². The number of rotatable bonds is 4. The Morgan fingerprint density at radius 1 is 1.35 bits per heavy atom. The molecule has 1 N–H and O–H groups in total. The van der Waals surface area contributed by atoms with Gasteiger partial charge in [0.2, 0.25) is 12.7 Å². The van der Waals surface area contributed by atoms with Crippen LogP contribution in [-0.2, 0) is 9.53 Å². The summed E-state index contributed by atoms with van der Waals surface area (Å²) in [4.78, 5) is 13.3. The summed E-state index contributed by atoms with van der Waals surface area (Å²) in [6, 6.07) is 4.89. The molecular weight excluding hydrogens is 317 g/mol. The predicted octanol–water partition coefficient (Wildman–Crippen LogP) is 1.62. The van der Waals surface area contributed by atoms with Crippen LogP contribution >= 0.6 is 0 Å². The Hall–Kier alpha value is -2.00. The summed E-state index contributed by atoms with van der Waals surface area (Å²) in [7, 11) is 1.03. The molecule has 0 radical (unpaired) electrons. The van der Waals surface area contributed by atoms with E-state index in [9.17, 15) is 18.0 Å². The number of anilines is 1. The first-order chi connectivity index (χ1) is 10.8. The molecule has 1 aromatic rings. The second-order valence-corrected chi connectivity index (χ2v) is 5.46. The summed E-state index contributed by atoms with van der Waals surface area (Å²) in [5.41, 5.74) is -1.68. The molecule has 1 aromatic carbocycles. The first kappa shape index (κ1) is 15.9. The standard InChI is InChI=1S/C14H15F3N2O4/c1-21-13(14(15,16)17)6-19(7-13)5-12(20)18-9-2-3-10-11(4-9)23-8-22-10/h2-4H,5-8H2,1H3,(H,18,20). The highest BCUT2D eigenvalue weighted by Gasteiger charge is 2.62. The van der Waals surface area contributed by atoms with E-state index in [1.165, 1.54) is 4.90 Å². The van der Waals surface area contributed by atoms with E-state index in [2.05, 4.69) is 10.1 Å². The third-order valence-electron chi connectivity index (χ3n) is 3.89. The van der Waals surface area contributed by atoms with Crippen LogP contribution < -0.4 is 14.8 Å². The second-order valence-electron chi connectivity index (χ2n) is 5.46. The number of ether oxygens (including phenoxy) is 3. The number of fused-ring (bicyclic) bond motifs is 1. The number of nitrogens with one attached hydrogen (secondary N) is 1. The smallest absolute Gasteiger partial charge is 0.419 e. The fourth-order valence-corrected chi connectivity index (χ4v) is 2.59. The molecule has 1 fully saturated rings. The summed E-state index contributed by atoms with van der Waals surface area (Å²) in [5, 5.41) is 2.62. The van der Waals surface area contributed by atoms with Gasteiger partial charge in [-0.3, -0.25) is 9.69 Å². The Kier molecular flexibility index (Phi) is 3.85. The van der Waals surface area contributed by atoms with Gasteiger partial charge in [0, 0.05) is 32.0 Å². The highest BCUT2D eigenvalue weighted by molar-refractivity contribution is 5.92. The fourth-order valence-electron chi connectivity index (χ4n) is 2.59. The lowest BCUT2D eigenvalue weighted by Gasteiger charge is -2.49. The van der Waals surface area contributed by atoms with Gasteiger partial charge >= 0.3 is 6.18 Å². The summed E-state index contributed by atoms with van der Waals surface area (Å²) >= 11 is 0. The molecule has 2 aliphatic heterocycles. The monoisotopic (exact) mass is 332 g/mol. The number of halogens is 3. The second kappa shape index (κ2) is 5.57. The molecular formula is C14H15F3N2O4. The molecule has 6 nitrogen and oxygen atoms in total.